The van der Waals surface area contributed by atoms with Crippen LogP contribution in [-0.2, 0) is 9.48 Å². The zero-order valence-corrected chi connectivity index (χ0v) is 10.6. The fourth-order valence-corrected chi connectivity index (χ4v) is 2.51. The van der Waals surface area contributed by atoms with Gasteiger partial charge in [0.05, 0.1) is 32.2 Å². The molecule has 1 saturated heterocycles. The highest BCUT2D eigenvalue weighted by Gasteiger charge is 2.40. The lowest BCUT2D eigenvalue weighted by Gasteiger charge is -2.39. The second-order valence-electron chi connectivity index (χ2n) is 4.05. The maximum atomic E-state index is 5.41. The van der Waals surface area contributed by atoms with Gasteiger partial charge in [0, 0.05) is 11.6 Å². The number of aryl methyl sites for hydroxylation is 1. The van der Waals surface area contributed by atoms with E-state index in [-0.39, 0.29) is 4.75 Å². The van der Waals surface area contributed by atoms with Gasteiger partial charge in [0.25, 0.3) is 0 Å². The molecule has 1 aromatic rings. The molecule has 0 aromatic heterocycles. The van der Waals surface area contributed by atoms with E-state index < -0.39 is 0 Å². The molecule has 0 saturated carbocycles. The Kier molecular flexibility index (Phi) is 3.04. The first-order chi connectivity index (χ1) is 7.60. The van der Waals surface area contributed by atoms with Gasteiger partial charge in [0.1, 0.15) is 11.5 Å². The molecule has 0 amide bonds. The molecular formula is C12H16O3S. The van der Waals surface area contributed by atoms with E-state index in [1.54, 1.807) is 14.2 Å². The fourth-order valence-electron chi connectivity index (χ4n) is 2.04. The first-order valence-electron chi connectivity index (χ1n) is 5.14. The molecule has 88 valence electrons. The Hall–Kier alpha value is -0.870. The summed E-state index contributed by atoms with van der Waals surface area (Å²) in [5.74, 6) is 1.62. The summed E-state index contributed by atoms with van der Waals surface area (Å²) >= 11 is 4.67. The highest BCUT2D eigenvalue weighted by Crippen LogP contribution is 2.44. The van der Waals surface area contributed by atoms with Crippen LogP contribution in [0.5, 0.6) is 11.5 Å². The molecule has 4 heteroatoms. The summed E-state index contributed by atoms with van der Waals surface area (Å²) in [6.45, 7) is 3.29. The number of methoxy groups -OCH3 is 2. The van der Waals surface area contributed by atoms with Crippen LogP contribution in [-0.4, -0.2) is 27.4 Å². The summed E-state index contributed by atoms with van der Waals surface area (Å²) in [4.78, 5) is 0. The summed E-state index contributed by atoms with van der Waals surface area (Å²) in [6.07, 6.45) is 0. The van der Waals surface area contributed by atoms with Crippen molar-refractivity contribution >= 4 is 12.6 Å². The quantitative estimate of drug-likeness (QED) is 0.821. The third kappa shape index (κ3) is 1.76. The van der Waals surface area contributed by atoms with Crippen LogP contribution in [0.15, 0.2) is 12.1 Å². The van der Waals surface area contributed by atoms with E-state index in [0.29, 0.717) is 13.2 Å². The van der Waals surface area contributed by atoms with Crippen molar-refractivity contribution in [3.05, 3.63) is 23.3 Å². The average Bonchev–Trinajstić information content (AvgIpc) is 2.24. The lowest BCUT2D eigenvalue weighted by Crippen LogP contribution is -2.42. The molecule has 0 atom stereocenters. The predicted octanol–water partition coefficient (Wildman–Crippen LogP) is 2.17. The van der Waals surface area contributed by atoms with Crippen molar-refractivity contribution in [1.29, 1.82) is 0 Å². The van der Waals surface area contributed by atoms with Gasteiger partial charge in [-0.05, 0) is 18.6 Å². The molecule has 0 spiro atoms. The summed E-state index contributed by atoms with van der Waals surface area (Å²) in [5, 5.41) is 0. The van der Waals surface area contributed by atoms with Crippen molar-refractivity contribution < 1.29 is 14.2 Å². The Balaban J connectivity index is 2.50. The minimum Gasteiger partial charge on any atom is -0.497 e. The summed E-state index contributed by atoms with van der Waals surface area (Å²) in [5.41, 5.74) is 2.22. The van der Waals surface area contributed by atoms with Crippen LogP contribution < -0.4 is 9.47 Å². The highest BCUT2D eigenvalue weighted by atomic mass is 32.1. The van der Waals surface area contributed by atoms with Crippen molar-refractivity contribution in [3.8, 4) is 11.5 Å². The minimum atomic E-state index is -0.221. The molecule has 0 radical (unpaired) electrons. The lowest BCUT2D eigenvalue weighted by atomic mass is 9.91. The largest absolute Gasteiger partial charge is 0.497 e. The van der Waals surface area contributed by atoms with E-state index in [2.05, 4.69) is 12.6 Å². The molecule has 0 unspecified atom stereocenters. The molecule has 0 N–H and O–H groups in total. The van der Waals surface area contributed by atoms with Gasteiger partial charge >= 0.3 is 0 Å². The van der Waals surface area contributed by atoms with Crippen LogP contribution in [0, 0.1) is 6.92 Å². The average molecular weight is 240 g/mol. The maximum Gasteiger partial charge on any atom is 0.127 e. The van der Waals surface area contributed by atoms with Crippen molar-refractivity contribution in [2.75, 3.05) is 27.4 Å². The van der Waals surface area contributed by atoms with Crippen LogP contribution in [0.3, 0.4) is 0 Å². The number of ether oxygens (including phenoxy) is 3. The standard InChI is InChI=1S/C12H16O3S/c1-8-4-9(13-2)5-10(14-3)11(8)12(16)6-15-7-12/h4-5,16H,6-7H2,1-3H3. The minimum absolute atomic E-state index is 0.221. The molecule has 1 fully saturated rings. The number of hydrogen-bond donors (Lipinski definition) is 1. The first-order valence-corrected chi connectivity index (χ1v) is 5.58. The zero-order valence-electron chi connectivity index (χ0n) is 9.74. The predicted molar refractivity (Wildman–Crippen MR) is 65.8 cm³/mol. The molecular weight excluding hydrogens is 224 g/mol. The smallest absolute Gasteiger partial charge is 0.127 e. The normalized spacial score (nSPS) is 17.8. The van der Waals surface area contributed by atoms with E-state index in [1.165, 1.54) is 0 Å². The Labute approximate surface area is 101 Å². The number of hydrogen-bond acceptors (Lipinski definition) is 4. The second kappa shape index (κ2) is 4.18. The fraction of sp³-hybridized carbons (Fsp3) is 0.500. The van der Waals surface area contributed by atoms with Crippen molar-refractivity contribution in [1.82, 2.24) is 0 Å². The highest BCUT2D eigenvalue weighted by molar-refractivity contribution is 7.81. The van der Waals surface area contributed by atoms with E-state index >= 15 is 0 Å². The van der Waals surface area contributed by atoms with Crippen molar-refractivity contribution in [3.63, 3.8) is 0 Å². The molecule has 2 rings (SSSR count). The van der Waals surface area contributed by atoms with Crippen LogP contribution >= 0.6 is 12.6 Å². The molecule has 16 heavy (non-hydrogen) atoms. The monoisotopic (exact) mass is 240 g/mol. The lowest BCUT2D eigenvalue weighted by molar-refractivity contribution is -0.0109. The van der Waals surface area contributed by atoms with Crippen molar-refractivity contribution in [2.24, 2.45) is 0 Å². The van der Waals surface area contributed by atoms with Crippen LogP contribution in [0.1, 0.15) is 11.1 Å². The Morgan fingerprint density at radius 2 is 1.94 bits per heavy atom. The van der Waals surface area contributed by atoms with Crippen LogP contribution in [0.25, 0.3) is 0 Å². The van der Waals surface area contributed by atoms with Crippen LogP contribution in [0.4, 0.5) is 0 Å². The second-order valence-corrected chi connectivity index (χ2v) is 4.90. The summed E-state index contributed by atoms with van der Waals surface area (Å²) in [7, 11) is 3.31. The summed E-state index contributed by atoms with van der Waals surface area (Å²) < 4.78 is 15.6. The molecule has 3 nitrogen and oxygen atoms in total. The zero-order chi connectivity index (χ0) is 11.8. The molecule has 1 heterocycles. The van der Waals surface area contributed by atoms with Gasteiger partial charge < -0.3 is 14.2 Å². The van der Waals surface area contributed by atoms with Gasteiger partial charge in [-0.15, -0.1) is 0 Å². The molecule has 1 aliphatic rings. The van der Waals surface area contributed by atoms with E-state index in [1.807, 2.05) is 19.1 Å². The SMILES string of the molecule is COc1cc(C)c(C2(S)COC2)c(OC)c1. The summed E-state index contributed by atoms with van der Waals surface area (Å²) in [6, 6.07) is 3.88. The third-order valence-corrected chi connectivity index (χ3v) is 3.36. The molecule has 1 aromatic carbocycles. The maximum absolute atomic E-state index is 5.41. The van der Waals surface area contributed by atoms with Gasteiger partial charge in [-0.3, -0.25) is 0 Å². The number of benzene rings is 1. The van der Waals surface area contributed by atoms with E-state index in [4.69, 9.17) is 14.2 Å². The van der Waals surface area contributed by atoms with Gasteiger partial charge in [0.2, 0.25) is 0 Å². The number of thiol groups is 1. The third-order valence-electron chi connectivity index (χ3n) is 2.88. The van der Waals surface area contributed by atoms with Gasteiger partial charge in [-0.25, -0.2) is 0 Å². The van der Waals surface area contributed by atoms with Gasteiger partial charge in [-0.2, -0.15) is 12.6 Å². The Morgan fingerprint density at radius 1 is 1.25 bits per heavy atom. The Bertz CT molecular complexity index is 399. The van der Waals surface area contributed by atoms with Crippen LogP contribution in [0.2, 0.25) is 0 Å². The Morgan fingerprint density at radius 3 is 2.38 bits per heavy atom. The first kappa shape index (κ1) is 11.6. The number of rotatable bonds is 3. The van der Waals surface area contributed by atoms with Crippen molar-refractivity contribution in [2.45, 2.75) is 11.7 Å². The van der Waals surface area contributed by atoms with E-state index in [9.17, 15) is 0 Å². The molecule has 0 aliphatic carbocycles. The van der Waals surface area contributed by atoms with Gasteiger partial charge in [0.15, 0.2) is 0 Å². The van der Waals surface area contributed by atoms with Gasteiger partial charge in [-0.1, -0.05) is 0 Å². The molecule has 0 bridgehead atoms. The topological polar surface area (TPSA) is 27.7 Å². The van der Waals surface area contributed by atoms with E-state index in [0.717, 1.165) is 22.6 Å². The molecule has 1 aliphatic heterocycles.